The smallest absolute Gasteiger partial charge is 0.333 e. The van der Waals surface area contributed by atoms with Gasteiger partial charge in [0.05, 0.1) is 19.0 Å². The van der Waals surface area contributed by atoms with E-state index in [0.29, 0.717) is 11.3 Å². The van der Waals surface area contributed by atoms with E-state index in [0.717, 1.165) is 12.8 Å². The quantitative estimate of drug-likeness (QED) is 0.302. The van der Waals surface area contributed by atoms with E-state index < -0.39 is 41.5 Å². The van der Waals surface area contributed by atoms with Crippen molar-refractivity contribution >= 4 is 33.2 Å². The lowest BCUT2D eigenvalue weighted by atomic mass is 10.1. The van der Waals surface area contributed by atoms with Gasteiger partial charge in [0.25, 0.3) is 0 Å². The highest BCUT2D eigenvalue weighted by Crippen LogP contribution is 2.36. The van der Waals surface area contributed by atoms with E-state index in [-0.39, 0.29) is 17.6 Å². The Morgan fingerprint density at radius 3 is 2.82 bits per heavy atom. The minimum absolute atomic E-state index is 0.0137. The molecule has 1 fully saturated rings. The molecule has 13 nitrogen and oxygen atoms in total. The average Bonchev–Trinajstić information content (AvgIpc) is 3.44. The number of nitrogens with two attached hydrogens (primary N) is 2. The van der Waals surface area contributed by atoms with Crippen molar-refractivity contribution < 1.29 is 27.6 Å². The Bertz CT molecular complexity index is 1300. The molecule has 0 bridgehead atoms. The number of aliphatic hydroxyl groups is 2. The zero-order chi connectivity index (χ0) is 23.3. The van der Waals surface area contributed by atoms with Gasteiger partial charge < -0.3 is 26.0 Å². The van der Waals surface area contributed by atoms with Crippen molar-refractivity contribution in [2.75, 3.05) is 17.7 Å². The minimum atomic E-state index is -4.24. The van der Waals surface area contributed by atoms with Gasteiger partial charge in [0.2, 0.25) is 5.95 Å². The maximum atomic E-state index is 11.1. The van der Waals surface area contributed by atoms with E-state index in [4.69, 9.17) is 15.6 Å². The lowest BCUT2D eigenvalue weighted by Gasteiger charge is -2.18. The Labute approximate surface area is 188 Å². The molecule has 2 aromatic heterocycles. The van der Waals surface area contributed by atoms with Crippen LogP contribution in [0.3, 0.4) is 0 Å². The van der Waals surface area contributed by atoms with Crippen molar-refractivity contribution in [3.8, 4) is 0 Å². The number of imidazole rings is 1. The second kappa shape index (κ2) is 8.16. The Morgan fingerprint density at radius 2 is 2.03 bits per heavy atom. The number of hydrogen-bond donors (Lipinski definition) is 5. The van der Waals surface area contributed by atoms with Crippen LogP contribution < -0.4 is 16.2 Å². The van der Waals surface area contributed by atoms with Gasteiger partial charge in [-0.1, -0.05) is 24.3 Å². The molecule has 5 atom stereocenters. The van der Waals surface area contributed by atoms with E-state index in [1.807, 2.05) is 12.1 Å². The van der Waals surface area contributed by atoms with Crippen LogP contribution in [0.2, 0.25) is 0 Å². The molecular formula is C19H23N7O6S. The first kappa shape index (κ1) is 21.9. The number of hydrogen-bond acceptors (Lipinski definition) is 11. The molecule has 2 aliphatic rings. The lowest BCUT2D eigenvalue weighted by molar-refractivity contribution is -0.0467. The molecule has 0 radical (unpaired) electrons. The second-order valence-electron chi connectivity index (χ2n) is 8.01. The molecule has 1 aliphatic heterocycles. The summed E-state index contributed by atoms with van der Waals surface area (Å²) >= 11 is 0. The number of nitrogen functional groups attached to an aromatic ring is 1. The molecule has 33 heavy (non-hydrogen) atoms. The number of benzene rings is 1. The number of aryl methyl sites for hydroxylation is 1. The monoisotopic (exact) mass is 477 g/mol. The number of anilines is 2. The van der Waals surface area contributed by atoms with Crippen LogP contribution in [-0.4, -0.2) is 63.1 Å². The van der Waals surface area contributed by atoms with Crippen molar-refractivity contribution in [1.82, 2.24) is 19.5 Å². The van der Waals surface area contributed by atoms with Gasteiger partial charge in [0, 0.05) is 0 Å². The molecular weight excluding hydrogens is 454 g/mol. The lowest BCUT2D eigenvalue weighted by Crippen LogP contribution is -2.35. The molecule has 3 heterocycles. The first-order valence-electron chi connectivity index (χ1n) is 10.2. The first-order chi connectivity index (χ1) is 15.7. The predicted octanol–water partition coefficient (Wildman–Crippen LogP) is -0.653. The Balaban J connectivity index is 1.44. The van der Waals surface area contributed by atoms with E-state index in [9.17, 15) is 18.6 Å². The third kappa shape index (κ3) is 4.12. The highest BCUT2D eigenvalue weighted by molar-refractivity contribution is 7.84. The van der Waals surface area contributed by atoms with Crippen molar-refractivity contribution in [3.05, 3.63) is 41.7 Å². The maximum Gasteiger partial charge on any atom is 0.333 e. The van der Waals surface area contributed by atoms with Gasteiger partial charge in [-0.25, -0.2) is 10.1 Å². The maximum absolute atomic E-state index is 11.1. The molecule has 7 N–H and O–H groups in total. The highest BCUT2D eigenvalue weighted by Gasteiger charge is 2.45. The molecule has 14 heteroatoms. The van der Waals surface area contributed by atoms with Crippen LogP contribution in [0.15, 0.2) is 30.6 Å². The molecule has 0 spiro atoms. The van der Waals surface area contributed by atoms with Gasteiger partial charge in [0.1, 0.15) is 18.3 Å². The zero-order valence-corrected chi connectivity index (χ0v) is 18.1. The zero-order valence-electron chi connectivity index (χ0n) is 17.3. The fraction of sp³-hybridized carbons (Fsp3) is 0.421. The normalized spacial score (nSPS) is 27.2. The van der Waals surface area contributed by atoms with Crippen LogP contribution in [0, 0.1) is 0 Å². The van der Waals surface area contributed by atoms with Gasteiger partial charge in [0.15, 0.2) is 23.2 Å². The predicted molar refractivity (Wildman–Crippen MR) is 116 cm³/mol. The molecule has 0 amide bonds. The molecule has 0 saturated carbocycles. The van der Waals surface area contributed by atoms with Gasteiger partial charge in [-0.2, -0.15) is 18.4 Å². The number of nitrogens with one attached hydrogen (secondary N) is 1. The van der Waals surface area contributed by atoms with Crippen LogP contribution in [0.4, 0.5) is 11.8 Å². The summed E-state index contributed by atoms with van der Waals surface area (Å²) in [4.78, 5) is 12.9. The van der Waals surface area contributed by atoms with Crippen LogP contribution >= 0.6 is 0 Å². The van der Waals surface area contributed by atoms with Crippen LogP contribution in [0.1, 0.15) is 29.8 Å². The van der Waals surface area contributed by atoms with Crippen LogP contribution in [0.25, 0.3) is 11.2 Å². The van der Waals surface area contributed by atoms with Gasteiger partial charge >= 0.3 is 10.3 Å². The average molecular weight is 478 g/mol. The summed E-state index contributed by atoms with van der Waals surface area (Å²) < 4.78 is 33.7. The number of nitrogens with zero attached hydrogens (tertiary/aromatic N) is 4. The van der Waals surface area contributed by atoms with Crippen molar-refractivity contribution in [2.24, 2.45) is 5.14 Å². The van der Waals surface area contributed by atoms with Gasteiger partial charge in [-0.05, 0) is 24.0 Å². The summed E-state index contributed by atoms with van der Waals surface area (Å²) in [5, 5.41) is 29.0. The van der Waals surface area contributed by atoms with Crippen molar-refractivity contribution in [1.29, 1.82) is 0 Å². The summed E-state index contributed by atoms with van der Waals surface area (Å²) in [7, 11) is -4.24. The summed E-state index contributed by atoms with van der Waals surface area (Å²) in [6, 6.07) is 8.17. The Hall–Kier alpha value is -2.88. The SMILES string of the molecule is Nc1nc(N[C@H]2CCc3ccccc32)c2ncn([C@@H]3O[C@H](COS(N)(=O)=O)[C@@H](O)[C@H]3O)c2n1. The summed E-state index contributed by atoms with van der Waals surface area (Å²) in [6.07, 6.45) is -1.90. The number of aliphatic hydroxyl groups excluding tert-OH is 2. The third-order valence-corrected chi connectivity index (χ3v) is 6.36. The number of rotatable bonds is 6. The fourth-order valence-corrected chi connectivity index (χ4v) is 4.67. The number of fused-ring (bicyclic) bond motifs is 2. The van der Waals surface area contributed by atoms with Gasteiger partial charge in [-0.15, -0.1) is 0 Å². The largest absolute Gasteiger partial charge is 0.387 e. The van der Waals surface area contributed by atoms with Crippen molar-refractivity contribution in [2.45, 2.75) is 43.4 Å². The second-order valence-corrected chi connectivity index (χ2v) is 9.23. The fourth-order valence-electron chi connectivity index (χ4n) is 4.35. The Kier molecular flexibility index (Phi) is 5.43. The molecule has 1 aliphatic carbocycles. The number of aromatic nitrogens is 4. The minimum Gasteiger partial charge on any atom is -0.387 e. The van der Waals surface area contributed by atoms with E-state index in [2.05, 4.69) is 36.6 Å². The van der Waals surface area contributed by atoms with Crippen LogP contribution in [-0.2, 0) is 25.6 Å². The summed E-state index contributed by atoms with van der Waals surface area (Å²) in [5.41, 5.74) is 9.08. The van der Waals surface area contributed by atoms with Crippen LogP contribution in [0.5, 0.6) is 0 Å². The molecule has 1 saturated heterocycles. The Morgan fingerprint density at radius 1 is 1.24 bits per heavy atom. The molecule has 3 aromatic rings. The van der Waals surface area contributed by atoms with Gasteiger partial charge in [-0.3, -0.25) is 8.75 Å². The summed E-state index contributed by atoms with van der Waals surface area (Å²) in [6.45, 7) is -0.564. The topological polar surface area (TPSA) is 201 Å². The van der Waals surface area contributed by atoms with E-state index in [1.165, 1.54) is 22.0 Å². The third-order valence-electron chi connectivity index (χ3n) is 5.89. The summed E-state index contributed by atoms with van der Waals surface area (Å²) in [5.74, 6) is 0.417. The van der Waals surface area contributed by atoms with Crippen molar-refractivity contribution in [3.63, 3.8) is 0 Å². The molecule has 1 aromatic carbocycles. The highest BCUT2D eigenvalue weighted by atomic mass is 32.2. The number of ether oxygens (including phenoxy) is 1. The standard InChI is InChI=1S/C19H23N7O6S/c20-19-24-16(23-11-6-5-9-3-1-2-4-10(9)11)13-17(25-19)26(8-22-13)18-15(28)14(27)12(32-18)7-31-33(21,29)30/h1-4,8,11-12,14-15,18,27-28H,5-7H2,(H2,21,29,30)(H3,20,23,24,25)/t11-,12+,14+,15+,18+/m0/s1. The molecule has 0 unspecified atom stereocenters. The van der Waals surface area contributed by atoms with E-state index >= 15 is 0 Å². The first-order valence-corrected chi connectivity index (χ1v) is 11.7. The molecule has 176 valence electrons. The van der Waals surface area contributed by atoms with E-state index in [1.54, 1.807) is 0 Å². The molecule has 5 rings (SSSR count).